The number of para-hydroxylation sites is 1. The molecule has 0 aromatic heterocycles. The van der Waals surface area contributed by atoms with Gasteiger partial charge in [0.25, 0.3) is 0 Å². The summed E-state index contributed by atoms with van der Waals surface area (Å²) in [6, 6.07) is 9.11. The summed E-state index contributed by atoms with van der Waals surface area (Å²) >= 11 is 0. The van der Waals surface area contributed by atoms with Gasteiger partial charge >= 0.3 is 0 Å². The van der Waals surface area contributed by atoms with Crippen LogP contribution in [0.4, 0.5) is 0 Å². The van der Waals surface area contributed by atoms with Crippen molar-refractivity contribution in [2.24, 2.45) is 17.8 Å². The highest BCUT2D eigenvalue weighted by Crippen LogP contribution is 2.55. The lowest BCUT2D eigenvalue weighted by molar-refractivity contribution is 0.327. The summed E-state index contributed by atoms with van der Waals surface area (Å²) in [6.45, 7) is 3.38. The quantitative estimate of drug-likeness (QED) is 0.818. The van der Waals surface area contributed by atoms with Crippen LogP contribution in [-0.2, 0) is 6.42 Å². The van der Waals surface area contributed by atoms with Gasteiger partial charge in [0.1, 0.15) is 5.75 Å². The molecule has 3 atom stereocenters. The zero-order valence-corrected chi connectivity index (χ0v) is 12.8. The van der Waals surface area contributed by atoms with Crippen molar-refractivity contribution in [3.05, 3.63) is 29.8 Å². The first kappa shape index (κ1) is 13.9. The van der Waals surface area contributed by atoms with Gasteiger partial charge in [0, 0.05) is 6.04 Å². The van der Waals surface area contributed by atoms with Gasteiger partial charge in [-0.15, -0.1) is 0 Å². The molecule has 2 aliphatic carbocycles. The predicted molar refractivity (Wildman–Crippen MR) is 83.1 cm³/mol. The molecule has 0 heterocycles. The highest BCUT2D eigenvalue weighted by atomic mass is 16.5. The second-order valence-corrected chi connectivity index (χ2v) is 6.56. The molecule has 0 aliphatic heterocycles. The van der Waals surface area contributed by atoms with Crippen molar-refractivity contribution < 1.29 is 4.74 Å². The van der Waals surface area contributed by atoms with E-state index in [0.29, 0.717) is 6.04 Å². The Kier molecular flexibility index (Phi) is 4.30. The molecule has 3 unspecified atom stereocenters. The maximum absolute atomic E-state index is 5.52. The van der Waals surface area contributed by atoms with Crippen LogP contribution in [-0.4, -0.2) is 19.7 Å². The van der Waals surface area contributed by atoms with E-state index in [2.05, 4.69) is 36.5 Å². The molecule has 1 N–H and O–H groups in total. The van der Waals surface area contributed by atoms with Gasteiger partial charge in [0.05, 0.1) is 7.11 Å². The molecule has 2 heteroatoms. The lowest BCUT2D eigenvalue weighted by atomic mass is 9.89. The Bertz CT molecular complexity index is 435. The van der Waals surface area contributed by atoms with E-state index in [1.165, 1.54) is 31.2 Å². The van der Waals surface area contributed by atoms with Crippen molar-refractivity contribution in [3.63, 3.8) is 0 Å². The molecule has 0 bridgehead atoms. The fourth-order valence-corrected chi connectivity index (χ4v) is 3.93. The van der Waals surface area contributed by atoms with Crippen LogP contribution in [0.5, 0.6) is 5.75 Å². The first-order valence-corrected chi connectivity index (χ1v) is 8.17. The van der Waals surface area contributed by atoms with Crippen molar-refractivity contribution >= 4 is 0 Å². The first-order valence-electron chi connectivity index (χ1n) is 8.17. The molecule has 2 nitrogen and oxygen atoms in total. The number of nitrogens with one attached hydrogen (secondary N) is 1. The maximum atomic E-state index is 5.52. The Morgan fingerprint density at radius 1 is 1.20 bits per heavy atom. The Hall–Kier alpha value is -1.02. The van der Waals surface area contributed by atoms with Gasteiger partial charge in [-0.05, 0) is 68.0 Å². The Balaban J connectivity index is 1.68. The van der Waals surface area contributed by atoms with E-state index in [9.17, 15) is 0 Å². The number of fused-ring (bicyclic) bond motifs is 1. The Labute approximate surface area is 122 Å². The van der Waals surface area contributed by atoms with Crippen molar-refractivity contribution in [2.45, 2.75) is 45.1 Å². The molecule has 110 valence electrons. The van der Waals surface area contributed by atoms with Gasteiger partial charge in [-0.1, -0.05) is 25.1 Å². The lowest BCUT2D eigenvalue weighted by Crippen LogP contribution is -2.38. The SMILES string of the molecule is CCCNC(Cc1ccccc1OC)C1CC2CC2C1. The third-order valence-electron chi connectivity index (χ3n) is 5.14. The second-order valence-electron chi connectivity index (χ2n) is 6.56. The van der Waals surface area contributed by atoms with Gasteiger partial charge in [-0.25, -0.2) is 0 Å². The minimum absolute atomic E-state index is 0.624. The van der Waals surface area contributed by atoms with Gasteiger partial charge < -0.3 is 10.1 Å². The Morgan fingerprint density at radius 3 is 2.65 bits per heavy atom. The first-order chi connectivity index (χ1) is 9.81. The summed E-state index contributed by atoms with van der Waals surface area (Å²) in [6.07, 6.45) is 6.71. The van der Waals surface area contributed by atoms with E-state index in [-0.39, 0.29) is 0 Å². The van der Waals surface area contributed by atoms with Crippen molar-refractivity contribution in [2.75, 3.05) is 13.7 Å². The van der Waals surface area contributed by atoms with E-state index >= 15 is 0 Å². The van der Waals surface area contributed by atoms with Crippen LogP contribution in [0.1, 0.15) is 38.2 Å². The molecular weight excluding hydrogens is 246 g/mol. The molecule has 1 aromatic rings. The molecule has 20 heavy (non-hydrogen) atoms. The molecule has 2 fully saturated rings. The minimum atomic E-state index is 0.624. The molecule has 1 aromatic carbocycles. The molecule has 3 rings (SSSR count). The standard InChI is InChI=1S/C18H27NO/c1-3-8-19-17(16-10-14-9-15(14)11-16)12-13-6-4-5-7-18(13)20-2/h4-7,14-17,19H,3,8-12H2,1-2H3. The smallest absolute Gasteiger partial charge is 0.122 e. The van der Waals surface area contributed by atoms with Crippen LogP contribution in [0, 0.1) is 17.8 Å². The average molecular weight is 273 g/mol. The zero-order chi connectivity index (χ0) is 13.9. The van der Waals surface area contributed by atoms with Crippen LogP contribution in [0.25, 0.3) is 0 Å². The van der Waals surface area contributed by atoms with Crippen LogP contribution in [0.2, 0.25) is 0 Å². The molecule has 0 spiro atoms. The highest BCUT2D eigenvalue weighted by molar-refractivity contribution is 5.34. The zero-order valence-electron chi connectivity index (χ0n) is 12.8. The fraction of sp³-hybridized carbons (Fsp3) is 0.667. The molecule has 2 saturated carbocycles. The van der Waals surface area contributed by atoms with E-state index in [1.807, 2.05) is 0 Å². The summed E-state index contributed by atoms with van der Waals surface area (Å²) < 4.78 is 5.52. The summed E-state index contributed by atoms with van der Waals surface area (Å²) in [7, 11) is 1.78. The van der Waals surface area contributed by atoms with Crippen LogP contribution >= 0.6 is 0 Å². The number of ether oxygens (including phenoxy) is 1. The fourth-order valence-electron chi connectivity index (χ4n) is 3.93. The van der Waals surface area contributed by atoms with Gasteiger partial charge in [0.2, 0.25) is 0 Å². The second kappa shape index (κ2) is 6.17. The number of benzene rings is 1. The summed E-state index contributed by atoms with van der Waals surface area (Å²) in [5.41, 5.74) is 1.35. The maximum Gasteiger partial charge on any atom is 0.122 e. The topological polar surface area (TPSA) is 21.3 Å². The van der Waals surface area contributed by atoms with Crippen LogP contribution in [0.3, 0.4) is 0 Å². The third-order valence-corrected chi connectivity index (χ3v) is 5.14. The van der Waals surface area contributed by atoms with Crippen molar-refractivity contribution in [1.82, 2.24) is 5.32 Å². The number of hydrogen-bond acceptors (Lipinski definition) is 2. The molecule has 0 amide bonds. The number of hydrogen-bond donors (Lipinski definition) is 1. The number of rotatable bonds is 7. The molecule has 0 saturated heterocycles. The van der Waals surface area contributed by atoms with Gasteiger partial charge in [0.15, 0.2) is 0 Å². The van der Waals surface area contributed by atoms with E-state index < -0.39 is 0 Å². The summed E-state index contributed by atoms with van der Waals surface area (Å²) in [5, 5.41) is 3.80. The molecule has 0 radical (unpaired) electrons. The van der Waals surface area contributed by atoms with Gasteiger partial charge in [-0.3, -0.25) is 0 Å². The monoisotopic (exact) mass is 273 g/mol. The van der Waals surface area contributed by atoms with Crippen molar-refractivity contribution in [3.8, 4) is 5.75 Å². The predicted octanol–water partition coefficient (Wildman–Crippen LogP) is 3.65. The third kappa shape index (κ3) is 3.01. The number of methoxy groups -OCH3 is 1. The lowest BCUT2D eigenvalue weighted by Gasteiger charge is -2.27. The summed E-state index contributed by atoms with van der Waals surface area (Å²) in [5.74, 6) is 4.03. The van der Waals surface area contributed by atoms with Crippen molar-refractivity contribution in [1.29, 1.82) is 0 Å². The van der Waals surface area contributed by atoms with Gasteiger partial charge in [-0.2, -0.15) is 0 Å². The van der Waals surface area contributed by atoms with Crippen LogP contribution in [0.15, 0.2) is 24.3 Å². The molecular formula is C18H27NO. The highest BCUT2D eigenvalue weighted by Gasteiger charge is 2.47. The Morgan fingerprint density at radius 2 is 1.95 bits per heavy atom. The van der Waals surface area contributed by atoms with E-state index in [4.69, 9.17) is 4.74 Å². The van der Waals surface area contributed by atoms with E-state index in [0.717, 1.165) is 36.5 Å². The molecule has 2 aliphatic rings. The van der Waals surface area contributed by atoms with E-state index in [1.54, 1.807) is 7.11 Å². The minimum Gasteiger partial charge on any atom is -0.496 e. The normalized spacial score (nSPS) is 29.0. The average Bonchev–Trinajstić information content (AvgIpc) is 3.10. The summed E-state index contributed by atoms with van der Waals surface area (Å²) in [4.78, 5) is 0. The largest absolute Gasteiger partial charge is 0.496 e. The van der Waals surface area contributed by atoms with Crippen LogP contribution < -0.4 is 10.1 Å².